The van der Waals surface area contributed by atoms with E-state index < -0.39 is 11.7 Å². The minimum atomic E-state index is -4.47. The average molecular weight is 387 g/mol. The van der Waals surface area contributed by atoms with E-state index in [1.807, 2.05) is 30.3 Å². The molecule has 0 aliphatic heterocycles. The van der Waals surface area contributed by atoms with Crippen molar-refractivity contribution < 1.29 is 17.9 Å². The number of ether oxygens (including phenoxy) is 1. The summed E-state index contributed by atoms with van der Waals surface area (Å²) in [7, 11) is 0. The molecule has 0 saturated heterocycles. The van der Waals surface area contributed by atoms with Gasteiger partial charge in [0.15, 0.2) is 5.82 Å². The number of halogens is 3. The van der Waals surface area contributed by atoms with Gasteiger partial charge in [-0.2, -0.15) is 13.2 Å². The van der Waals surface area contributed by atoms with Crippen molar-refractivity contribution in [2.24, 2.45) is 0 Å². The number of aromatic nitrogens is 1. The molecule has 0 spiro atoms. The molecule has 3 aromatic rings. The van der Waals surface area contributed by atoms with Gasteiger partial charge in [-0.1, -0.05) is 30.3 Å². The van der Waals surface area contributed by atoms with Gasteiger partial charge in [0.1, 0.15) is 12.4 Å². The Morgan fingerprint density at radius 2 is 1.68 bits per heavy atom. The van der Waals surface area contributed by atoms with Crippen LogP contribution < -0.4 is 15.4 Å². The van der Waals surface area contributed by atoms with Crippen LogP contribution in [0.25, 0.3) is 0 Å². The van der Waals surface area contributed by atoms with Crippen molar-refractivity contribution in [3.05, 3.63) is 78.0 Å². The number of benzene rings is 2. The van der Waals surface area contributed by atoms with Crippen LogP contribution in [-0.2, 0) is 12.8 Å². The third kappa shape index (κ3) is 4.94. The number of hydrogen-bond acceptors (Lipinski definition) is 4. The van der Waals surface area contributed by atoms with Crippen LogP contribution in [0.1, 0.15) is 18.1 Å². The quantitative estimate of drug-likeness (QED) is 0.533. The van der Waals surface area contributed by atoms with E-state index in [2.05, 4.69) is 15.6 Å². The summed E-state index contributed by atoms with van der Waals surface area (Å²) >= 11 is 0. The molecule has 0 radical (unpaired) electrons. The van der Waals surface area contributed by atoms with Crippen molar-refractivity contribution in [3.63, 3.8) is 0 Å². The lowest BCUT2D eigenvalue weighted by atomic mass is 10.2. The van der Waals surface area contributed by atoms with Gasteiger partial charge in [-0.3, -0.25) is 0 Å². The van der Waals surface area contributed by atoms with Gasteiger partial charge >= 0.3 is 6.18 Å². The Morgan fingerprint density at radius 1 is 0.964 bits per heavy atom. The molecule has 1 heterocycles. The van der Waals surface area contributed by atoms with Gasteiger partial charge in [-0.25, -0.2) is 4.98 Å². The van der Waals surface area contributed by atoms with Crippen LogP contribution in [0.5, 0.6) is 5.75 Å². The molecular weight excluding hydrogens is 367 g/mol. The average Bonchev–Trinajstić information content (AvgIpc) is 2.69. The summed E-state index contributed by atoms with van der Waals surface area (Å²) in [5, 5.41) is 5.69. The first-order chi connectivity index (χ1) is 13.5. The van der Waals surface area contributed by atoms with Crippen LogP contribution in [-0.4, -0.2) is 11.5 Å². The minimum absolute atomic E-state index is 0.0677. The Labute approximate surface area is 161 Å². The zero-order valence-corrected chi connectivity index (χ0v) is 15.3. The number of alkyl halides is 3. The molecule has 0 unspecified atom stereocenters. The molecule has 3 rings (SSSR count). The van der Waals surface area contributed by atoms with Crippen LogP contribution in [0.4, 0.5) is 30.4 Å². The number of nitrogens with one attached hydrogen (secondary N) is 2. The van der Waals surface area contributed by atoms with E-state index in [9.17, 15) is 13.2 Å². The number of rotatable bonds is 7. The SMILES string of the molecule is CCNc1c(C(F)(F)F)ccnc1Nc1ccc(OCc2ccccc2)cc1. The molecule has 0 atom stereocenters. The van der Waals surface area contributed by atoms with E-state index >= 15 is 0 Å². The smallest absolute Gasteiger partial charge is 0.418 e. The molecule has 0 fully saturated rings. The standard InChI is InChI=1S/C21H20F3N3O/c1-2-25-19-18(21(22,23)24)12-13-26-20(19)27-16-8-10-17(11-9-16)28-14-15-6-4-3-5-7-15/h3-13,25H,2,14H2,1H3,(H,26,27). The fraction of sp³-hybridized carbons (Fsp3) is 0.190. The predicted octanol–water partition coefficient (Wildman–Crippen LogP) is 5.85. The van der Waals surface area contributed by atoms with Crippen LogP contribution in [0.3, 0.4) is 0 Å². The second-order valence-electron chi connectivity index (χ2n) is 6.03. The summed E-state index contributed by atoms with van der Waals surface area (Å²) in [5.41, 5.74) is 0.836. The highest BCUT2D eigenvalue weighted by Crippen LogP contribution is 2.38. The van der Waals surface area contributed by atoms with Crippen LogP contribution in [0.2, 0.25) is 0 Å². The van der Waals surface area contributed by atoms with Gasteiger partial charge in [0.05, 0.1) is 11.3 Å². The topological polar surface area (TPSA) is 46.2 Å². The largest absolute Gasteiger partial charge is 0.489 e. The van der Waals surface area contributed by atoms with Crippen LogP contribution in [0, 0.1) is 0 Å². The summed E-state index contributed by atoms with van der Waals surface area (Å²) in [6, 6.07) is 17.7. The Bertz CT molecular complexity index is 897. The maximum Gasteiger partial charge on any atom is 0.418 e. The van der Waals surface area contributed by atoms with Crippen molar-refractivity contribution in [3.8, 4) is 5.75 Å². The third-order valence-electron chi connectivity index (χ3n) is 3.98. The van der Waals surface area contributed by atoms with Crippen molar-refractivity contribution in [2.75, 3.05) is 17.2 Å². The highest BCUT2D eigenvalue weighted by Gasteiger charge is 2.34. The van der Waals surface area contributed by atoms with E-state index in [1.165, 1.54) is 0 Å². The molecular formula is C21H20F3N3O. The van der Waals surface area contributed by atoms with E-state index in [1.54, 1.807) is 31.2 Å². The lowest BCUT2D eigenvalue weighted by Crippen LogP contribution is -2.13. The van der Waals surface area contributed by atoms with Gasteiger partial charge < -0.3 is 15.4 Å². The van der Waals surface area contributed by atoms with E-state index in [0.717, 1.165) is 17.8 Å². The number of nitrogens with zero attached hydrogens (tertiary/aromatic N) is 1. The van der Waals surface area contributed by atoms with Crippen molar-refractivity contribution >= 4 is 17.2 Å². The van der Waals surface area contributed by atoms with Crippen LogP contribution >= 0.6 is 0 Å². The maximum absolute atomic E-state index is 13.3. The molecule has 2 aromatic carbocycles. The highest BCUT2D eigenvalue weighted by atomic mass is 19.4. The molecule has 0 saturated carbocycles. The van der Waals surface area contributed by atoms with E-state index in [4.69, 9.17) is 4.74 Å². The third-order valence-corrected chi connectivity index (χ3v) is 3.98. The molecule has 0 aliphatic carbocycles. The summed E-state index contributed by atoms with van der Waals surface area (Å²) in [6.07, 6.45) is -3.32. The lowest BCUT2D eigenvalue weighted by molar-refractivity contribution is -0.137. The lowest BCUT2D eigenvalue weighted by Gasteiger charge is -2.18. The molecule has 7 heteroatoms. The molecule has 146 valence electrons. The first-order valence-corrected chi connectivity index (χ1v) is 8.81. The van der Waals surface area contributed by atoms with Gasteiger partial charge in [-0.05, 0) is 42.8 Å². The van der Waals surface area contributed by atoms with Gasteiger partial charge in [0, 0.05) is 18.4 Å². The Balaban J connectivity index is 1.73. The van der Waals surface area contributed by atoms with Crippen LogP contribution in [0.15, 0.2) is 66.9 Å². The summed E-state index contributed by atoms with van der Waals surface area (Å²) in [5.74, 6) is 0.785. The van der Waals surface area contributed by atoms with E-state index in [0.29, 0.717) is 24.6 Å². The zero-order chi connectivity index (χ0) is 20.0. The molecule has 0 bridgehead atoms. The molecule has 28 heavy (non-hydrogen) atoms. The fourth-order valence-corrected chi connectivity index (χ4v) is 2.66. The molecule has 4 nitrogen and oxygen atoms in total. The Kier molecular flexibility index (Phi) is 6.03. The first kappa shape index (κ1) is 19.5. The second-order valence-corrected chi connectivity index (χ2v) is 6.03. The predicted molar refractivity (Wildman–Crippen MR) is 104 cm³/mol. The number of hydrogen-bond donors (Lipinski definition) is 2. The summed E-state index contributed by atoms with van der Waals surface area (Å²) in [4.78, 5) is 4.06. The zero-order valence-electron chi connectivity index (χ0n) is 15.3. The number of pyridine rings is 1. The fourth-order valence-electron chi connectivity index (χ4n) is 2.66. The monoisotopic (exact) mass is 387 g/mol. The van der Waals surface area contributed by atoms with Crippen molar-refractivity contribution in [2.45, 2.75) is 19.7 Å². The molecule has 0 amide bonds. The van der Waals surface area contributed by atoms with Crippen molar-refractivity contribution in [1.29, 1.82) is 0 Å². The second kappa shape index (κ2) is 8.65. The van der Waals surface area contributed by atoms with Gasteiger partial charge in [0.25, 0.3) is 0 Å². The maximum atomic E-state index is 13.3. The Hall–Kier alpha value is -3.22. The van der Waals surface area contributed by atoms with E-state index in [-0.39, 0.29) is 11.5 Å². The normalized spacial score (nSPS) is 11.1. The molecule has 2 N–H and O–H groups in total. The highest BCUT2D eigenvalue weighted by molar-refractivity contribution is 5.74. The first-order valence-electron chi connectivity index (χ1n) is 8.81. The minimum Gasteiger partial charge on any atom is -0.489 e. The van der Waals surface area contributed by atoms with Gasteiger partial charge in [-0.15, -0.1) is 0 Å². The molecule has 0 aliphatic rings. The summed E-state index contributed by atoms with van der Waals surface area (Å²) < 4.78 is 45.5. The molecule has 1 aromatic heterocycles. The van der Waals surface area contributed by atoms with Gasteiger partial charge in [0.2, 0.25) is 0 Å². The van der Waals surface area contributed by atoms with Crippen molar-refractivity contribution in [1.82, 2.24) is 4.98 Å². The Morgan fingerprint density at radius 3 is 2.32 bits per heavy atom. The summed E-state index contributed by atoms with van der Waals surface area (Å²) in [6.45, 7) is 2.51. The number of anilines is 3.